The van der Waals surface area contributed by atoms with Crippen molar-refractivity contribution in [2.45, 2.75) is 26.2 Å². The quantitative estimate of drug-likeness (QED) is 0.397. The van der Waals surface area contributed by atoms with Crippen LogP contribution in [0, 0.1) is 11.6 Å². The number of amides is 1. The van der Waals surface area contributed by atoms with E-state index in [1.54, 1.807) is 19.2 Å². The monoisotopic (exact) mass is 452 g/mol. The molecule has 0 bridgehead atoms. The maximum absolute atomic E-state index is 14.8. The molecular formula is C20H22F2N4O4S. The first kappa shape index (κ1) is 22.6. The van der Waals surface area contributed by atoms with Crippen LogP contribution in [-0.4, -0.2) is 41.8 Å². The van der Waals surface area contributed by atoms with E-state index in [9.17, 15) is 22.0 Å². The smallest absolute Gasteiger partial charge is 0.261 e. The number of carbonyl (C=O) groups excluding carboxylic acids is 1. The molecule has 11 heteroatoms. The molecular weight excluding hydrogens is 430 g/mol. The van der Waals surface area contributed by atoms with E-state index < -0.39 is 38.8 Å². The maximum Gasteiger partial charge on any atom is 0.261 e. The number of pyridine rings is 1. The van der Waals surface area contributed by atoms with Gasteiger partial charge in [0.05, 0.1) is 23.3 Å². The number of hydrogen-bond acceptors (Lipinski definition) is 5. The van der Waals surface area contributed by atoms with Crippen molar-refractivity contribution in [3.8, 4) is 0 Å². The second kappa shape index (κ2) is 9.40. The Kier molecular flexibility index (Phi) is 6.86. The third kappa shape index (κ3) is 5.17. The Labute approximate surface area is 177 Å². The van der Waals surface area contributed by atoms with Gasteiger partial charge in [-0.2, -0.15) is 0 Å². The summed E-state index contributed by atoms with van der Waals surface area (Å²) in [7, 11) is -3.83. The third-order valence-electron chi connectivity index (χ3n) is 4.54. The van der Waals surface area contributed by atoms with Crippen LogP contribution >= 0.6 is 0 Å². The average Bonchev–Trinajstić information content (AvgIpc) is 3.11. The Morgan fingerprint density at radius 2 is 2.06 bits per heavy atom. The Hall–Kier alpha value is -3.05. The molecule has 4 N–H and O–H groups in total. The van der Waals surface area contributed by atoms with E-state index in [1.807, 2.05) is 4.72 Å². The molecule has 8 nitrogen and oxygen atoms in total. The van der Waals surface area contributed by atoms with Crippen molar-refractivity contribution in [2.24, 2.45) is 0 Å². The van der Waals surface area contributed by atoms with E-state index in [4.69, 9.17) is 5.11 Å². The number of aromatic amines is 1. The van der Waals surface area contributed by atoms with Crippen molar-refractivity contribution in [2.75, 3.05) is 22.4 Å². The van der Waals surface area contributed by atoms with Gasteiger partial charge in [-0.25, -0.2) is 22.2 Å². The number of rotatable bonds is 9. The van der Waals surface area contributed by atoms with Crippen LogP contribution in [0.2, 0.25) is 0 Å². The fourth-order valence-electron chi connectivity index (χ4n) is 3.12. The molecule has 0 saturated carbocycles. The predicted molar refractivity (Wildman–Crippen MR) is 114 cm³/mol. The molecule has 2 aromatic heterocycles. The fourth-order valence-corrected chi connectivity index (χ4v) is 4.26. The molecule has 3 rings (SSSR count). The second-order valence-corrected chi connectivity index (χ2v) is 8.76. The predicted octanol–water partition coefficient (Wildman–Crippen LogP) is 3.17. The van der Waals surface area contributed by atoms with Gasteiger partial charge in [0.15, 0.2) is 5.82 Å². The largest absolute Gasteiger partial charge is 0.396 e. The highest BCUT2D eigenvalue weighted by Crippen LogP contribution is 2.25. The van der Waals surface area contributed by atoms with Gasteiger partial charge >= 0.3 is 0 Å². The van der Waals surface area contributed by atoms with E-state index >= 15 is 0 Å². The summed E-state index contributed by atoms with van der Waals surface area (Å²) in [5.74, 6) is -3.77. The van der Waals surface area contributed by atoms with E-state index in [-0.39, 0.29) is 18.0 Å². The molecule has 0 saturated heterocycles. The average molecular weight is 452 g/mol. The second-order valence-electron chi connectivity index (χ2n) is 6.92. The molecule has 0 spiro atoms. The van der Waals surface area contributed by atoms with Crippen molar-refractivity contribution in [3.63, 3.8) is 0 Å². The first-order chi connectivity index (χ1) is 14.8. The van der Waals surface area contributed by atoms with Crippen LogP contribution in [0.3, 0.4) is 0 Å². The highest BCUT2D eigenvalue weighted by Gasteiger charge is 2.23. The number of fused-ring (bicyclic) bond motifs is 1. The topological polar surface area (TPSA) is 124 Å². The van der Waals surface area contributed by atoms with Gasteiger partial charge in [0.1, 0.15) is 17.0 Å². The molecule has 0 atom stereocenters. The normalized spacial score (nSPS) is 11.6. The third-order valence-corrected chi connectivity index (χ3v) is 6.01. The minimum Gasteiger partial charge on any atom is -0.396 e. The molecule has 0 aliphatic rings. The highest BCUT2D eigenvalue weighted by molar-refractivity contribution is 7.92. The molecule has 1 aromatic carbocycles. The fraction of sp³-hybridized carbons (Fsp3) is 0.300. The number of halogens is 2. The number of nitrogens with one attached hydrogen (secondary N) is 3. The molecule has 0 fully saturated rings. The van der Waals surface area contributed by atoms with Crippen molar-refractivity contribution >= 4 is 38.3 Å². The zero-order chi connectivity index (χ0) is 22.6. The Bertz CT molecular complexity index is 1210. The molecule has 0 aliphatic heterocycles. The van der Waals surface area contributed by atoms with Gasteiger partial charge in [-0.3, -0.25) is 9.52 Å². The lowest BCUT2D eigenvalue weighted by atomic mass is 10.1. The summed E-state index contributed by atoms with van der Waals surface area (Å²) in [4.78, 5) is 19.7. The van der Waals surface area contributed by atoms with Crippen LogP contribution < -0.4 is 10.0 Å². The SMILES string of the molecule is CCCS(=O)(=O)Nc1ccc(F)c(C(=O)Nc2cnc3[nH]cc(CCCO)c3c2)c1F. The van der Waals surface area contributed by atoms with Gasteiger partial charge in [-0.05, 0) is 43.0 Å². The molecule has 31 heavy (non-hydrogen) atoms. The molecule has 3 aromatic rings. The number of nitrogens with zero attached hydrogens (tertiary/aromatic N) is 1. The summed E-state index contributed by atoms with van der Waals surface area (Å²) in [6, 6.07) is 3.35. The lowest BCUT2D eigenvalue weighted by Crippen LogP contribution is -2.20. The van der Waals surface area contributed by atoms with Gasteiger partial charge in [-0.1, -0.05) is 6.92 Å². The number of hydrogen-bond donors (Lipinski definition) is 4. The first-order valence-corrected chi connectivity index (χ1v) is 11.3. The summed E-state index contributed by atoms with van der Waals surface area (Å²) < 4.78 is 54.9. The van der Waals surface area contributed by atoms with Crippen molar-refractivity contribution < 1.29 is 27.1 Å². The van der Waals surface area contributed by atoms with Crippen LogP contribution in [0.4, 0.5) is 20.2 Å². The number of anilines is 2. The zero-order valence-corrected chi connectivity index (χ0v) is 17.5. The minimum atomic E-state index is -3.83. The minimum absolute atomic E-state index is 0.0213. The summed E-state index contributed by atoms with van der Waals surface area (Å²) in [5.41, 5.74) is 0.225. The zero-order valence-electron chi connectivity index (χ0n) is 16.7. The summed E-state index contributed by atoms with van der Waals surface area (Å²) in [6.07, 6.45) is 4.50. The lowest BCUT2D eigenvalue weighted by molar-refractivity contribution is 0.101. The van der Waals surface area contributed by atoms with Gasteiger partial charge in [0, 0.05) is 18.2 Å². The molecule has 1 amide bonds. The molecule has 166 valence electrons. The summed E-state index contributed by atoms with van der Waals surface area (Å²) in [5, 5.41) is 12.1. The van der Waals surface area contributed by atoms with E-state index in [0.29, 0.717) is 30.3 Å². The summed E-state index contributed by atoms with van der Waals surface area (Å²) in [6.45, 7) is 1.66. The van der Waals surface area contributed by atoms with Gasteiger partial charge in [0.2, 0.25) is 10.0 Å². The van der Waals surface area contributed by atoms with Gasteiger partial charge in [-0.15, -0.1) is 0 Å². The highest BCUT2D eigenvalue weighted by atomic mass is 32.2. The lowest BCUT2D eigenvalue weighted by Gasteiger charge is -2.12. The van der Waals surface area contributed by atoms with Crippen molar-refractivity contribution in [3.05, 3.63) is 53.4 Å². The first-order valence-electron chi connectivity index (χ1n) is 9.62. The summed E-state index contributed by atoms with van der Waals surface area (Å²) >= 11 is 0. The molecule has 0 unspecified atom stereocenters. The standard InChI is InChI=1S/C20H22F2N4O4S/c1-2-8-31(29,30)26-16-6-5-15(21)17(18(16)22)20(28)25-13-9-14-12(4-3-7-27)10-23-19(14)24-11-13/h5-6,9-11,26-27H,2-4,7-8H2,1H3,(H,23,24)(H,25,28). The van der Waals surface area contributed by atoms with Crippen LogP contribution in [0.15, 0.2) is 30.6 Å². The van der Waals surface area contributed by atoms with Gasteiger partial charge in [0.25, 0.3) is 5.91 Å². The Morgan fingerprint density at radius 3 is 2.77 bits per heavy atom. The van der Waals surface area contributed by atoms with Crippen LogP contribution in [0.25, 0.3) is 11.0 Å². The maximum atomic E-state index is 14.8. The number of aliphatic hydroxyl groups is 1. The van der Waals surface area contributed by atoms with Crippen LogP contribution in [-0.2, 0) is 16.4 Å². The molecule has 2 heterocycles. The molecule has 0 radical (unpaired) electrons. The number of carbonyl (C=O) groups is 1. The van der Waals surface area contributed by atoms with Crippen LogP contribution in [0.5, 0.6) is 0 Å². The Balaban J connectivity index is 1.88. The van der Waals surface area contributed by atoms with Crippen molar-refractivity contribution in [1.82, 2.24) is 9.97 Å². The van der Waals surface area contributed by atoms with E-state index in [0.717, 1.165) is 17.7 Å². The van der Waals surface area contributed by atoms with E-state index in [1.165, 1.54) is 6.20 Å². The Morgan fingerprint density at radius 1 is 1.29 bits per heavy atom. The van der Waals surface area contributed by atoms with Crippen LogP contribution in [0.1, 0.15) is 35.7 Å². The number of benzene rings is 1. The molecule has 0 aliphatic carbocycles. The number of H-pyrrole nitrogens is 1. The number of aromatic nitrogens is 2. The number of aryl methyl sites for hydroxylation is 1. The van der Waals surface area contributed by atoms with Gasteiger partial charge < -0.3 is 15.4 Å². The number of aliphatic hydroxyl groups excluding tert-OH is 1. The van der Waals surface area contributed by atoms with E-state index in [2.05, 4.69) is 15.3 Å². The number of sulfonamides is 1. The van der Waals surface area contributed by atoms with Crippen molar-refractivity contribution in [1.29, 1.82) is 0 Å².